The molecule has 1 saturated heterocycles. The van der Waals surface area contributed by atoms with Gasteiger partial charge in [-0.3, -0.25) is 9.78 Å². The molecule has 0 aliphatic carbocycles. The van der Waals surface area contributed by atoms with Gasteiger partial charge in [-0.15, -0.1) is 0 Å². The van der Waals surface area contributed by atoms with Gasteiger partial charge in [0.25, 0.3) is 0 Å². The maximum Gasteiger partial charge on any atom is 0.335 e. The van der Waals surface area contributed by atoms with Gasteiger partial charge in [-0.2, -0.15) is 0 Å². The van der Waals surface area contributed by atoms with Crippen LogP contribution in [-0.4, -0.2) is 43.1 Å². The molecule has 1 amide bonds. The van der Waals surface area contributed by atoms with Crippen LogP contribution in [0.2, 0.25) is 0 Å². The fourth-order valence-electron chi connectivity index (χ4n) is 5.03. The minimum Gasteiger partial charge on any atom is -0.478 e. The van der Waals surface area contributed by atoms with Crippen LogP contribution in [0.15, 0.2) is 85.1 Å². The average molecular weight is 526 g/mol. The molecule has 0 unspecified atom stereocenters. The van der Waals surface area contributed by atoms with E-state index in [1.54, 1.807) is 30.5 Å². The lowest BCUT2D eigenvalue weighted by atomic mass is 9.96. The number of aromatic nitrogens is 2. The number of carbonyl (C=O) groups excluding carboxylic acids is 1. The zero-order valence-corrected chi connectivity index (χ0v) is 21.8. The maximum atomic E-state index is 13.1. The van der Waals surface area contributed by atoms with Crippen molar-refractivity contribution in [3.63, 3.8) is 0 Å². The third kappa shape index (κ3) is 4.88. The molecule has 1 aliphatic heterocycles. The van der Waals surface area contributed by atoms with Gasteiger partial charge in [0.15, 0.2) is 5.11 Å². The molecule has 0 saturated carbocycles. The lowest BCUT2D eigenvalue weighted by Gasteiger charge is -2.27. The van der Waals surface area contributed by atoms with Crippen molar-refractivity contribution in [3.05, 3.63) is 113 Å². The van der Waals surface area contributed by atoms with Crippen LogP contribution in [0.4, 0.5) is 5.69 Å². The molecule has 1 fully saturated rings. The second kappa shape index (κ2) is 10.5. The first-order chi connectivity index (χ1) is 18.3. The quantitative estimate of drug-likeness (QED) is 0.298. The lowest BCUT2D eigenvalue weighted by Crippen LogP contribution is -2.37. The molecule has 2 aromatic heterocycles. The number of nitrogens with zero attached hydrogens (tertiary/aromatic N) is 3. The van der Waals surface area contributed by atoms with Crippen molar-refractivity contribution in [3.8, 4) is 5.69 Å². The van der Waals surface area contributed by atoms with E-state index < -0.39 is 5.97 Å². The molecule has 5 rings (SSSR count). The predicted octanol–water partition coefficient (Wildman–Crippen LogP) is 4.80. The van der Waals surface area contributed by atoms with Crippen molar-refractivity contribution in [2.75, 3.05) is 11.9 Å². The van der Waals surface area contributed by atoms with Crippen LogP contribution in [0, 0.1) is 13.8 Å². The van der Waals surface area contributed by atoms with Crippen molar-refractivity contribution in [1.82, 2.24) is 19.8 Å². The number of rotatable bonds is 7. The van der Waals surface area contributed by atoms with E-state index in [4.69, 9.17) is 12.2 Å². The molecule has 3 N–H and O–H groups in total. The van der Waals surface area contributed by atoms with E-state index in [2.05, 4.69) is 26.3 Å². The Bertz CT molecular complexity index is 1490. The van der Waals surface area contributed by atoms with E-state index in [1.165, 1.54) is 0 Å². The van der Waals surface area contributed by atoms with E-state index in [1.807, 2.05) is 67.3 Å². The summed E-state index contributed by atoms with van der Waals surface area (Å²) < 4.78 is 2.08. The Morgan fingerprint density at radius 1 is 1.03 bits per heavy atom. The average Bonchev–Trinajstić information content (AvgIpc) is 3.39. The highest BCUT2D eigenvalue weighted by atomic mass is 32.1. The first kappa shape index (κ1) is 25.2. The molecule has 0 bridgehead atoms. The summed E-state index contributed by atoms with van der Waals surface area (Å²) in [5.74, 6) is -1.14. The number of carbonyl (C=O) groups is 2. The lowest BCUT2D eigenvalue weighted by molar-refractivity contribution is -0.116. The summed E-state index contributed by atoms with van der Waals surface area (Å²) in [6, 6.07) is 23.4. The molecular formula is C29H27N5O3S. The maximum absolute atomic E-state index is 13.1. The minimum atomic E-state index is -0.966. The van der Waals surface area contributed by atoms with Crippen LogP contribution in [0.5, 0.6) is 0 Å². The first-order valence-corrected chi connectivity index (χ1v) is 12.6. The molecule has 0 spiro atoms. The first-order valence-electron chi connectivity index (χ1n) is 12.2. The molecule has 8 nitrogen and oxygen atoms in total. The number of thiocarbonyl (C=S) groups is 1. The largest absolute Gasteiger partial charge is 0.478 e. The summed E-state index contributed by atoms with van der Waals surface area (Å²) in [4.78, 5) is 30.9. The number of hydrogen-bond donors (Lipinski definition) is 3. The predicted molar refractivity (Wildman–Crippen MR) is 149 cm³/mol. The molecule has 192 valence electrons. The number of amides is 1. The Morgan fingerprint density at radius 3 is 2.39 bits per heavy atom. The van der Waals surface area contributed by atoms with E-state index in [0.717, 1.165) is 34.0 Å². The number of aromatic carboxylic acids is 1. The summed E-state index contributed by atoms with van der Waals surface area (Å²) in [5.41, 5.74) is 5.57. The van der Waals surface area contributed by atoms with Crippen LogP contribution in [-0.2, 0) is 4.79 Å². The van der Waals surface area contributed by atoms with E-state index in [9.17, 15) is 14.7 Å². The van der Waals surface area contributed by atoms with Crippen molar-refractivity contribution in [1.29, 1.82) is 0 Å². The Labute approximate surface area is 225 Å². The summed E-state index contributed by atoms with van der Waals surface area (Å²) in [6.45, 7) is 4.09. The zero-order valence-electron chi connectivity index (χ0n) is 21.0. The number of benzene rings is 2. The standard InChI is InChI=1S/C29H27N5O3S/c1-18-16-23(19(2)34(18)22-13-11-20(12-14-22)28(36)37)27-26(24-10-6-7-15-30-24)32-29(38)33(27)17-25(35)31-21-8-4-3-5-9-21/h3-16,26-27H,17H2,1-2H3,(H,31,35)(H,32,38)(H,36,37)/t26-,27+/m0/s1. The third-order valence-corrected chi connectivity index (χ3v) is 7.08. The van der Waals surface area contributed by atoms with Crippen LogP contribution >= 0.6 is 12.2 Å². The summed E-state index contributed by atoms with van der Waals surface area (Å²) >= 11 is 5.74. The number of hydrogen-bond acceptors (Lipinski definition) is 4. The number of carboxylic acids is 1. The van der Waals surface area contributed by atoms with Crippen molar-refractivity contribution < 1.29 is 14.7 Å². The normalized spacial score (nSPS) is 16.8. The molecule has 2 aromatic carbocycles. The summed E-state index contributed by atoms with van der Waals surface area (Å²) in [7, 11) is 0. The fraction of sp³-hybridized carbons (Fsp3) is 0.172. The number of anilines is 1. The van der Waals surface area contributed by atoms with Crippen molar-refractivity contribution in [2.24, 2.45) is 0 Å². The number of carboxylic acid groups (broad SMARTS) is 1. The third-order valence-electron chi connectivity index (χ3n) is 6.73. The number of aryl methyl sites for hydroxylation is 1. The van der Waals surface area contributed by atoms with Gasteiger partial charge in [0, 0.05) is 29.0 Å². The Kier molecular flexibility index (Phi) is 6.93. The monoisotopic (exact) mass is 525 g/mol. The van der Waals surface area contributed by atoms with Gasteiger partial charge in [0.05, 0.1) is 23.3 Å². The molecule has 2 atom stereocenters. The van der Waals surface area contributed by atoms with Gasteiger partial charge < -0.3 is 25.2 Å². The number of para-hydroxylation sites is 1. The van der Waals surface area contributed by atoms with Gasteiger partial charge in [0.1, 0.15) is 6.54 Å². The van der Waals surface area contributed by atoms with E-state index >= 15 is 0 Å². The summed E-state index contributed by atoms with van der Waals surface area (Å²) in [5, 5.41) is 16.1. The molecular weight excluding hydrogens is 498 g/mol. The van der Waals surface area contributed by atoms with Gasteiger partial charge in [-0.05, 0) is 86.2 Å². The van der Waals surface area contributed by atoms with Gasteiger partial charge in [-0.25, -0.2) is 4.79 Å². The van der Waals surface area contributed by atoms with Crippen molar-refractivity contribution >= 4 is 34.9 Å². The van der Waals surface area contributed by atoms with Gasteiger partial charge in [-0.1, -0.05) is 24.3 Å². The van der Waals surface area contributed by atoms with E-state index in [0.29, 0.717) is 5.11 Å². The Balaban J connectivity index is 1.53. The minimum absolute atomic E-state index is 0.0612. The number of pyridine rings is 1. The molecule has 9 heteroatoms. The second-order valence-electron chi connectivity index (χ2n) is 9.18. The van der Waals surface area contributed by atoms with Crippen LogP contribution in [0.3, 0.4) is 0 Å². The van der Waals surface area contributed by atoms with Gasteiger partial charge >= 0.3 is 5.97 Å². The highest BCUT2D eigenvalue weighted by Crippen LogP contribution is 2.41. The smallest absolute Gasteiger partial charge is 0.335 e. The van der Waals surface area contributed by atoms with Gasteiger partial charge in [0.2, 0.25) is 5.91 Å². The van der Waals surface area contributed by atoms with Crippen LogP contribution in [0.25, 0.3) is 5.69 Å². The molecule has 4 aromatic rings. The number of nitrogens with one attached hydrogen (secondary N) is 2. The van der Waals surface area contributed by atoms with Crippen LogP contribution in [0.1, 0.15) is 45.1 Å². The summed E-state index contributed by atoms with van der Waals surface area (Å²) in [6.07, 6.45) is 1.75. The molecule has 3 heterocycles. The SMILES string of the molecule is Cc1cc([C@@H]2[C@H](c3ccccn3)NC(=S)N2CC(=O)Nc2ccccc2)c(C)n1-c1ccc(C(=O)O)cc1. The Morgan fingerprint density at radius 2 is 1.74 bits per heavy atom. The van der Waals surface area contributed by atoms with E-state index in [-0.39, 0.29) is 30.1 Å². The molecule has 38 heavy (non-hydrogen) atoms. The van der Waals surface area contributed by atoms with Crippen LogP contribution < -0.4 is 10.6 Å². The fourth-order valence-corrected chi connectivity index (χ4v) is 5.33. The Hall–Kier alpha value is -4.50. The highest BCUT2D eigenvalue weighted by Gasteiger charge is 2.42. The highest BCUT2D eigenvalue weighted by molar-refractivity contribution is 7.80. The zero-order chi connectivity index (χ0) is 26.8. The van der Waals surface area contributed by atoms with Crippen molar-refractivity contribution in [2.45, 2.75) is 25.9 Å². The second-order valence-corrected chi connectivity index (χ2v) is 9.57. The molecule has 0 radical (unpaired) electrons. The molecule has 1 aliphatic rings. The topological polar surface area (TPSA) is 99.5 Å².